The van der Waals surface area contributed by atoms with Crippen LogP contribution in [0.15, 0.2) is 51.4 Å². The van der Waals surface area contributed by atoms with Gasteiger partial charge in [-0.2, -0.15) is 0 Å². The van der Waals surface area contributed by atoms with Gasteiger partial charge < -0.3 is 19.3 Å². The molecule has 0 aromatic heterocycles. The first-order valence-electron chi connectivity index (χ1n) is 12.0. The number of nitrogens with zero attached hydrogens (tertiary/aromatic N) is 2. The van der Waals surface area contributed by atoms with E-state index in [2.05, 4.69) is 73.4 Å². The highest BCUT2D eigenvalue weighted by Crippen LogP contribution is 2.35. The fraction of sp³-hybridized carbons (Fsp3) is 0.444. The van der Waals surface area contributed by atoms with Crippen molar-refractivity contribution >= 4 is 43.8 Å². The third kappa shape index (κ3) is 12.4. The minimum atomic E-state index is -0.333. The van der Waals surface area contributed by atoms with Gasteiger partial charge in [0.25, 0.3) is 5.91 Å². The second-order valence-electron chi connectivity index (χ2n) is 8.87. The molecule has 9 heteroatoms. The molecule has 1 amide bonds. The zero-order chi connectivity index (χ0) is 26.3. The van der Waals surface area contributed by atoms with Crippen LogP contribution in [-0.2, 0) is 16.1 Å². The zero-order valence-corrected chi connectivity index (χ0v) is 24.7. The number of carbonyl (C=O) groups excluding carboxylic acids is 1. The molecule has 198 valence electrons. The lowest BCUT2D eigenvalue weighted by Crippen LogP contribution is -2.22. The predicted octanol–water partition coefficient (Wildman–Crippen LogP) is 5.18. The van der Waals surface area contributed by atoms with Gasteiger partial charge in [-0.25, -0.2) is 5.48 Å². The van der Waals surface area contributed by atoms with Crippen molar-refractivity contribution in [2.24, 2.45) is 0 Å². The van der Waals surface area contributed by atoms with Gasteiger partial charge >= 0.3 is 0 Å². The normalized spacial score (nSPS) is 11.4. The van der Waals surface area contributed by atoms with E-state index in [4.69, 9.17) is 14.3 Å². The van der Waals surface area contributed by atoms with Gasteiger partial charge in [0.05, 0.1) is 28.8 Å². The predicted molar refractivity (Wildman–Crippen MR) is 152 cm³/mol. The summed E-state index contributed by atoms with van der Waals surface area (Å²) in [5, 5.41) is 0. The van der Waals surface area contributed by atoms with Crippen molar-refractivity contribution in [2.45, 2.75) is 19.3 Å². The van der Waals surface area contributed by atoms with Crippen LogP contribution in [0.5, 0.6) is 11.5 Å². The van der Waals surface area contributed by atoms with Crippen molar-refractivity contribution in [2.75, 3.05) is 61.1 Å². The molecule has 2 rings (SSSR count). The second-order valence-corrected chi connectivity index (χ2v) is 10.6. The monoisotopic (exact) mass is 625 g/mol. The summed E-state index contributed by atoms with van der Waals surface area (Å²) in [6, 6.07) is 12.0. The van der Waals surface area contributed by atoms with Crippen LogP contribution in [0.4, 0.5) is 0 Å². The summed E-state index contributed by atoms with van der Waals surface area (Å²) in [4.78, 5) is 21.6. The maximum Gasteiger partial charge on any atom is 0.267 e. The van der Waals surface area contributed by atoms with Crippen LogP contribution in [-0.4, -0.2) is 76.8 Å². The molecule has 1 N–H and O–H groups in total. The molecule has 0 fully saturated rings. The average molecular weight is 627 g/mol. The molecule has 36 heavy (non-hydrogen) atoms. The third-order valence-electron chi connectivity index (χ3n) is 5.05. The maximum atomic E-state index is 12.1. The van der Waals surface area contributed by atoms with Crippen molar-refractivity contribution in [1.82, 2.24) is 15.3 Å². The van der Waals surface area contributed by atoms with E-state index in [1.165, 1.54) is 11.6 Å². The molecule has 0 aliphatic rings. The fourth-order valence-corrected chi connectivity index (χ4v) is 4.57. The van der Waals surface area contributed by atoms with Gasteiger partial charge in [-0.05, 0) is 114 Å². The standard InChI is InChI=1S/C27H37Br2N3O4/c1-31(2)14-5-16-35-27-24(28)19-22(20-25(27)29)9-12-26(33)30-36-18-6-17-34-23-10-7-21(8-11-23)13-15-32(3)4/h7-12,19-20H,5-6,13-18H2,1-4H3,(H,30,33)/b12-9+. The number of halogens is 2. The van der Waals surface area contributed by atoms with E-state index in [0.717, 1.165) is 51.9 Å². The van der Waals surface area contributed by atoms with Gasteiger partial charge in [0.15, 0.2) is 0 Å². The van der Waals surface area contributed by atoms with Gasteiger partial charge in [-0.15, -0.1) is 0 Å². The number of hydroxylamine groups is 1. The van der Waals surface area contributed by atoms with Crippen LogP contribution in [0.3, 0.4) is 0 Å². The Balaban J connectivity index is 1.65. The molecule has 2 aromatic rings. The van der Waals surface area contributed by atoms with E-state index < -0.39 is 0 Å². The Labute approximate surface area is 232 Å². The second kappa shape index (κ2) is 16.8. The molecule has 7 nitrogen and oxygen atoms in total. The molecule has 0 saturated heterocycles. The number of nitrogens with one attached hydrogen (secondary N) is 1. The number of amides is 1. The van der Waals surface area contributed by atoms with E-state index in [0.29, 0.717) is 26.2 Å². The van der Waals surface area contributed by atoms with Crippen molar-refractivity contribution in [3.05, 3.63) is 62.5 Å². The summed E-state index contributed by atoms with van der Waals surface area (Å²) in [5.41, 5.74) is 4.57. The van der Waals surface area contributed by atoms with Crippen molar-refractivity contribution in [3.63, 3.8) is 0 Å². The molecule has 0 aliphatic carbocycles. The van der Waals surface area contributed by atoms with Crippen LogP contribution < -0.4 is 15.0 Å². The van der Waals surface area contributed by atoms with Crippen molar-refractivity contribution in [3.8, 4) is 11.5 Å². The average Bonchev–Trinajstić information content (AvgIpc) is 2.83. The minimum absolute atomic E-state index is 0.333. The molecule has 0 aliphatic heterocycles. The summed E-state index contributed by atoms with van der Waals surface area (Å²) in [6.45, 7) is 3.47. The Hall–Kier alpha value is -1.91. The number of benzene rings is 2. The zero-order valence-electron chi connectivity index (χ0n) is 21.6. The van der Waals surface area contributed by atoms with Gasteiger partial charge in [-0.3, -0.25) is 9.63 Å². The lowest BCUT2D eigenvalue weighted by atomic mass is 10.1. The largest absolute Gasteiger partial charge is 0.494 e. The summed E-state index contributed by atoms with van der Waals surface area (Å²) in [7, 11) is 8.22. The third-order valence-corrected chi connectivity index (χ3v) is 6.23. The van der Waals surface area contributed by atoms with Crippen LogP contribution >= 0.6 is 31.9 Å². The molecular formula is C27H37Br2N3O4. The number of ether oxygens (including phenoxy) is 2. The highest BCUT2D eigenvalue weighted by atomic mass is 79.9. The first-order valence-corrected chi connectivity index (χ1v) is 13.6. The van der Waals surface area contributed by atoms with Crippen LogP contribution in [0.1, 0.15) is 24.0 Å². The summed E-state index contributed by atoms with van der Waals surface area (Å²) >= 11 is 7.09. The quantitative estimate of drug-likeness (QED) is 0.157. The highest BCUT2D eigenvalue weighted by Gasteiger charge is 2.09. The number of hydrogen-bond donors (Lipinski definition) is 1. The van der Waals surface area contributed by atoms with Crippen LogP contribution in [0, 0.1) is 0 Å². The van der Waals surface area contributed by atoms with Crippen LogP contribution in [0.2, 0.25) is 0 Å². The minimum Gasteiger partial charge on any atom is -0.494 e. The topological polar surface area (TPSA) is 63.3 Å². The molecule has 0 saturated carbocycles. The lowest BCUT2D eigenvalue weighted by molar-refractivity contribution is -0.128. The van der Waals surface area contributed by atoms with E-state index in [-0.39, 0.29) is 5.91 Å². The Morgan fingerprint density at radius 1 is 0.889 bits per heavy atom. The molecule has 2 aromatic carbocycles. The summed E-state index contributed by atoms with van der Waals surface area (Å²) in [5.74, 6) is 1.25. The number of hydrogen-bond acceptors (Lipinski definition) is 6. The SMILES string of the molecule is CN(C)CCCOc1c(Br)cc(/C=C/C(=O)NOCCCOc2ccc(CCN(C)C)cc2)cc1Br. The Bertz CT molecular complexity index is 943. The Morgan fingerprint density at radius 3 is 2.17 bits per heavy atom. The number of carbonyl (C=O) groups is 1. The Morgan fingerprint density at radius 2 is 1.53 bits per heavy atom. The highest BCUT2D eigenvalue weighted by molar-refractivity contribution is 9.11. The number of rotatable bonds is 16. The van der Waals surface area contributed by atoms with Gasteiger partial charge in [0, 0.05) is 25.6 Å². The fourth-order valence-electron chi connectivity index (χ4n) is 3.12. The first kappa shape index (κ1) is 30.3. The molecule has 0 heterocycles. The van der Waals surface area contributed by atoms with Gasteiger partial charge in [0.1, 0.15) is 11.5 Å². The molecule has 0 radical (unpaired) electrons. The molecular weight excluding hydrogens is 590 g/mol. The lowest BCUT2D eigenvalue weighted by Gasteiger charge is -2.13. The molecule has 0 atom stereocenters. The molecule has 0 unspecified atom stereocenters. The van der Waals surface area contributed by atoms with E-state index in [1.807, 2.05) is 38.4 Å². The van der Waals surface area contributed by atoms with Crippen molar-refractivity contribution in [1.29, 1.82) is 0 Å². The van der Waals surface area contributed by atoms with E-state index in [9.17, 15) is 4.79 Å². The summed E-state index contributed by atoms with van der Waals surface area (Å²) < 4.78 is 13.3. The van der Waals surface area contributed by atoms with E-state index in [1.54, 1.807) is 6.08 Å². The molecule has 0 bridgehead atoms. The van der Waals surface area contributed by atoms with Gasteiger partial charge in [-0.1, -0.05) is 12.1 Å². The van der Waals surface area contributed by atoms with Gasteiger partial charge in [0.2, 0.25) is 0 Å². The first-order chi connectivity index (χ1) is 17.2. The van der Waals surface area contributed by atoms with Crippen molar-refractivity contribution < 1.29 is 19.1 Å². The molecule has 0 spiro atoms. The Kier molecular flexibility index (Phi) is 14.1. The maximum absolute atomic E-state index is 12.1. The van der Waals surface area contributed by atoms with Crippen LogP contribution in [0.25, 0.3) is 6.08 Å². The van der Waals surface area contributed by atoms with E-state index >= 15 is 0 Å². The summed E-state index contributed by atoms with van der Waals surface area (Å²) in [6.07, 6.45) is 5.75. The smallest absolute Gasteiger partial charge is 0.267 e. The number of likely N-dealkylation sites (N-methyl/N-ethyl adjacent to an activating group) is 1.